The van der Waals surface area contributed by atoms with Gasteiger partial charge in [-0.1, -0.05) is 277 Å². The third kappa shape index (κ3) is 51.6. The normalized spacial score (nSPS) is 13.8. The van der Waals surface area contributed by atoms with E-state index in [0.717, 1.165) is 57.8 Å². The summed E-state index contributed by atoms with van der Waals surface area (Å²) in [6.45, 7) is 7.06. The fraction of sp³-hybridized carbons (Fsp3) is 0.933. The minimum atomic E-state index is -4.44. The van der Waals surface area contributed by atoms with Crippen LogP contribution in [0.25, 0.3) is 0 Å². The second-order valence-electron chi connectivity index (χ2n) is 22.2. The van der Waals surface area contributed by atoms with Gasteiger partial charge in [0.05, 0.1) is 33.8 Å². The van der Waals surface area contributed by atoms with Crippen LogP contribution in [0.4, 0.5) is 0 Å². The van der Waals surface area contributed by atoms with E-state index in [1.807, 2.05) is 33.3 Å². The number of nitrogens with zero attached hydrogens (tertiary/aromatic N) is 1. The van der Waals surface area contributed by atoms with Gasteiger partial charge in [0, 0.05) is 12.8 Å². The summed E-state index contributed by atoms with van der Waals surface area (Å²) in [7, 11) is 1.52. The van der Waals surface area contributed by atoms with Gasteiger partial charge in [-0.05, 0) is 31.8 Å². The lowest BCUT2D eigenvalue weighted by Crippen LogP contribution is -2.47. The summed E-state index contributed by atoms with van der Waals surface area (Å²) in [5.74, 6) is -0.484. The number of likely N-dealkylation sites (N-methyl/N-ethyl adjacent to an activating group) is 1. The Morgan fingerprint density at radius 3 is 1.17 bits per heavy atom. The number of allylic oxidation sites excluding steroid dienone is 1. The van der Waals surface area contributed by atoms with Crippen molar-refractivity contribution >= 4 is 19.7 Å². The van der Waals surface area contributed by atoms with Crippen LogP contribution < -0.4 is 5.32 Å². The van der Waals surface area contributed by atoms with Gasteiger partial charge < -0.3 is 19.4 Å². The van der Waals surface area contributed by atoms with Crippen molar-refractivity contribution in [1.29, 1.82) is 0 Å². The van der Waals surface area contributed by atoms with Gasteiger partial charge >= 0.3 is 13.8 Å². The lowest BCUT2D eigenvalue weighted by atomic mass is 10.0. The molecule has 0 saturated carbocycles. The minimum Gasteiger partial charge on any atom is -0.456 e. The van der Waals surface area contributed by atoms with E-state index in [1.165, 1.54) is 218 Å². The van der Waals surface area contributed by atoms with Crippen LogP contribution in [-0.4, -0.2) is 74.3 Å². The van der Waals surface area contributed by atoms with E-state index in [4.69, 9.17) is 13.8 Å². The van der Waals surface area contributed by atoms with Gasteiger partial charge in [-0.3, -0.25) is 18.6 Å². The first kappa shape index (κ1) is 68.8. The molecule has 0 aliphatic heterocycles. The lowest BCUT2D eigenvalue weighted by Gasteiger charge is -2.27. The number of esters is 1. The van der Waals surface area contributed by atoms with Crippen molar-refractivity contribution in [1.82, 2.24) is 5.32 Å². The van der Waals surface area contributed by atoms with E-state index in [2.05, 4.69) is 26.1 Å². The van der Waals surface area contributed by atoms with E-state index < -0.39 is 20.0 Å². The molecular formula is C60H120N2O7P+. The van der Waals surface area contributed by atoms with Gasteiger partial charge in [0.15, 0.2) is 0 Å². The molecule has 9 nitrogen and oxygen atoms in total. The maximum atomic E-state index is 13.5. The van der Waals surface area contributed by atoms with Gasteiger partial charge in [0.1, 0.15) is 19.3 Å². The standard InChI is InChI=1S/C60H119N2O7P/c1-7-10-13-16-19-22-25-28-30-31-32-34-37-40-43-46-49-52-59(63)61-57(56-68-70(65,66)67-55-54-62(4,5)6)58(51-48-45-42-39-36-33-27-24-21-18-15-12-9-3)69-60(64)53-50-47-44-41-38-35-29-26-23-20-17-14-11-8-2/h48,51,57-58H,7-47,49-50,52-56H2,1-6H3,(H-,61,63,65,66)/p+1/b51-48+. The number of rotatable bonds is 56. The molecule has 416 valence electrons. The molecule has 10 heteroatoms. The van der Waals surface area contributed by atoms with E-state index in [0.29, 0.717) is 23.9 Å². The highest BCUT2D eigenvalue weighted by molar-refractivity contribution is 7.47. The average Bonchev–Trinajstić information content (AvgIpc) is 3.32. The number of hydrogen-bond acceptors (Lipinski definition) is 6. The number of carbonyl (C=O) groups is 2. The minimum absolute atomic E-state index is 0.0457. The Kier molecular flexibility index (Phi) is 50.3. The van der Waals surface area contributed by atoms with Crippen molar-refractivity contribution in [3.05, 3.63) is 12.2 Å². The molecule has 3 atom stereocenters. The topological polar surface area (TPSA) is 111 Å². The molecule has 1 amide bonds. The number of phosphoric ester groups is 1. The van der Waals surface area contributed by atoms with Crippen LogP contribution in [0.2, 0.25) is 0 Å². The van der Waals surface area contributed by atoms with Gasteiger partial charge in [-0.25, -0.2) is 4.57 Å². The molecule has 3 unspecified atom stereocenters. The molecule has 0 fully saturated rings. The van der Waals surface area contributed by atoms with Crippen LogP contribution in [0.15, 0.2) is 12.2 Å². The highest BCUT2D eigenvalue weighted by Crippen LogP contribution is 2.43. The van der Waals surface area contributed by atoms with Crippen molar-refractivity contribution in [2.24, 2.45) is 0 Å². The molecule has 0 heterocycles. The fourth-order valence-corrected chi connectivity index (χ4v) is 9.97. The maximum Gasteiger partial charge on any atom is 0.472 e. The summed E-state index contributed by atoms with van der Waals surface area (Å²) >= 11 is 0. The van der Waals surface area contributed by atoms with Crippen LogP contribution >= 0.6 is 7.82 Å². The van der Waals surface area contributed by atoms with Crippen molar-refractivity contribution < 1.29 is 37.3 Å². The monoisotopic (exact) mass is 1010 g/mol. The smallest absolute Gasteiger partial charge is 0.456 e. The molecule has 0 aromatic rings. The molecule has 70 heavy (non-hydrogen) atoms. The lowest BCUT2D eigenvalue weighted by molar-refractivity contribution is -0.870. The summed E-state index contributed by atoms with van der Waals surface area (Å²) in [5, 5.41) is 3.06. The molecule has 0 radical (unpaired) electrons. The zero-order chi connectivity index (χ0) is 51.5. The molecule has 0 rings (SSSR count). The van der Waals surface area contributed by atoms with Gasteiger partial charge in [-0.2, -0.15) is 0 Å². The van der Waals surface area contributed by atoms with E-state index in [1.54, 1.807) is 0 Å². The number of quaternary nitrogens is 1. The first-order valence-electron chi connectivity index (χ1n) is 30.5. The van der Waals surface area contributed by atoms with Crippen LogP contribution in [0.1, 0.15) is 310 Å². The van der Waals surface area contributed by atoms with Crippen LogP contribution in [0.5, 0.6) is 0 Å². The van der Waals surface area contributed by atoms with Crippen LogP contribution in [0, 0.1) is 0 Å². The fourth-order valence-electron chi connectivity index (χ4n) is 9.24. The molecule has 2 N–H and O–H groups in total. The average molecular weight is 1010 g/mol. The number of carbonyl (C=O) groups excluding carboxylic acids is 2. The molecule has 0 bridgehead atoms. The number of hydrogen-bond donors (Lipinski definition) is 2. The Labute approximate surface area is 435 Å². The molecule has 0 spiro atoms. The Bertz CT molecular complexity index is 1210. The first-order valence-corrected chi connectivity index (χ1v) is 32.0. The van der Waals surface area contributed by atoms with Crippen LogP contribution in [0.3, 0.4) is 0 Å². The largest absolute Gasteiger partial charge is 0.472 e. The van der Waals surface area contributed by atoms with E-state index in [-0.39, 0.29) is 25.1 Å². The number of ether oxygens (including phenoxy) is 1. The second-order valence-corrected chi connectivity index (χ2v) is 23.7. The molecule has 0 aliphatic carbocycles. The maximum absolute atomic E-state index is 13.5. The van der Waals surface area contributed by atoms with Gasteiger partial charge in [-0.15, -0.1) is 0 Å². The third-order valence-electron chi connectivity index (χ3n) is 14.0. The quantitative estimate of drug-likeness (QED) is 0.0205. The predicted molar refractivity (Wildman–Crippen MR) is 300 cm³/mol. The highest BCUT2D eigenvalue weighted by Gasteiger charge is 2.30. The van der Waals surface area contributed by atoms with E-state index in [9.17, 15) is 19.0 Å². The zero-order valence-corrected chi connectivity index (χ0v) is 48.4. The predicted octanol–water partition coefficient (Wildman–Crippen LogP) is 18.4. The van der Waals surface area contributed by atoms with Crippen molar-refractivity contribution in [3.8, 4) is 0 Å². The molecule has 0 saturated heterocycles. The third-order valence-corrected chi connectivity index (χ3v) is 15.0. The Morgan fingerprint density at radius 1 is 0.486 bits per heavy atom. The second kappa shape index (κ2) is 51.2. The molecule has 0 aromatic heterocycles. The number of amides is 1. The summed E-state index contributed by atoms with van der Waals surface area (Å²) in [5.41, 5.74) is 0. The SMILES string of the molecule is CCCCCCCCCCCCC/C=C/C(OC(=O)CCCCCCCCCCCCCCCC)C(COP(=O)(O)OCC[N+](C)(C)C)NC(=O)CCCCCCCCCCCCCCCCCCC. The molecule has 0 aliphatic rings. The first-order chi connectivity index (χ1) is 33.9. The Morgan fingerprint density at radius 2 is 0.814 bits per heavy atom. The van der Waals surface area contributed by atoms with Crippen molar-refractivity contribution in [2.45, 2.75) is 322 Å². The summed E-state index contributed by atoms with van der Waals surface area (Å²) in [4.78, 5) is 37.6. The number of phosphoric acid groups is 1. The number of nitrogens with one attached hydrogen (secondary N) is 1. The Hall–Kier alpha value is -1.25. The molecule has 0 aromatic carbocycles. The summed E-state index contributed by atoms with van der Waals surface area (Å²) in [6, 6.07) is -0.838. The number of unbranched alkanes of at least 4 members (excludes halogenated alkanes) is 40. The van der Waals surface area contributed by atoms with E-state index >= 15 is 0 Å². The summed E-state index contributed by atoms with van der Waals surface area (Å²) < 4.78 is 30.7. The Balaban J connectivity index is 5.27. The van der Waals surface area contributed by atoms with Crippen LogP contribution in [-0.2, 0) is 27.9 Å². The van der Waals surface area contributed by atoms with Crippen molar-refractivity contribution in [3.63, 3.8) is 0 Å². The molecular weight excluding hydrogens is 892 g/mol. The summed E-state index contributed by atoms with van der Waals surface area (Å²) in [6.07, 6.45) is 57.7. The van der Waals surface area contributed by atoms with Crippen molar-refractivity contribution in [2.75, 3.05) is 40.9 Å². The van der Waals surface area contributed by atoms with Gasteiger partial charge in [0.25, 0.3) is 0 Å². The van der Waals surface area contributed by atoms with Gasteiger partial charge in [0.2, 0.25) is 5.91 Å². The zero-order valence-electron chi connectivity index (χ0n) is 47.5. The highest BCUT2D eigenvalue weighted by atomic mass is 31.2.